The van der Waals surface area contributed by atoms with Gasteiger partial charge in [-0.3, -0.25) is 0 Å². The van der Waals surface area contributed by atoms with Gasteiger partial charge in [0.25, 0.3) is 0 Å². The van der Waals surface area contributed by atoms with E-state index in [2.05, 4.69) is 34.2 Å². The number of amides is 2. The molecule has 0 saturated heterocycles. The van der Waals surface area contributed by atoms with Crippen molar-refractivity contribution in [3.63, 3.8) is 0 Å². The zero-order chi connectivity index (χ0) is 13.9. The topological polar surface area (TPSA) is 41.1 Å². The first kappa shape index (κ1) is 13.4. The van der Waals surface area contributed by atoms with Gasteiger partial charge < -0.3 is 10.6 Å². The highest BCUT2D eigenvalue weighted by atomic mass is 32.1. The molecule has 1 aliphatic carbocycles. The molecule has 2 N–H and O–H groups in total. The van der Waals surface area contributed by atoms with Gasteiger partial charge in [0.05, 0.1) is 0 Å². The van der Waals surface area contributed by atoms with Crippen LogP contribution in [0, 0.1) is 0 Å². The maximum atomic E-state index is 11.2. The van der Waals surface area contributed by atoms with Crippen molar-refractivity contribution in [2.75, 3.05) is 13.6 Å². The first-order chi connectivity index (χ1) is 9.78. The highest BCUT2D eigenvalue weighted by Crippen LogP contribution is 2.38. The first-order valence-electron chi connectivity index (χ1n) is 7.23. The minimum absolute atomic E-state index is 0.111. The van der Waals surface area contributed by atoms with Gasteiger partial charge in [0.1, 0.15) is 0 Å². The summed E-state index contributed by atoms with van der Waals surface area (Å²) in [6, 6.07) is 6.79. The second kappa shape index (κ2) is 5.83. The smallest absolute Gasteiger partial charge is 0.314 e. The van der Waals surface area contributed by atoms with E-state index in [4.69, 9.17) is 0 Å². The molecule has 4 heteroatoms. The minimum atomic E-state index is -0.111. The number of urea groups is 1. The molecule has 0 bridgehead atoms. The highest BCUT2D eigenvalue weighted by Gasteiger charge is 2.20. The lowest BCUT2D eigenvalue weighted by Crippen LogP contribution is -2.33. The van der Waals surface area contributed by atoms with Crippen LogP contribution in [-0.2, 0) is 6.42 Å². The number of fused-ring (bicyclic) bond motifs is 1. The molecule has 0 unspecified atom stereocenters. The Morgan fingerprint density at radius 1 is 1.40 bits per heavy atom. The summed E-state index contributed by atoms with van der Waals surface area (Å²) in [4.78, 5) is 11.2. The number of nitrogens with one attached hydrogen (secondary N) is 2. The van der Waals surface area contributed by atoms with Crippen LogP contribution in [0.3, 0.4) is 0 Å². The van der Waals surface area contributed by atoms with Gasteiger partial charge in [-0.05, 0) is 59.2 Å². The number of hydrogen-bond acceptors (Lipinski definition) is 2. The van der Waals surface area contributed by atoms with Gasteiger partial charge in [-0.15, -0.1) is 11.3 Å². The van der Waals surface area contributed by atoms with Crippen molar-refractivity contribution in [2.45, 2.75) is 31.6 Å². The Morgan fingerprint density at radius 2 is 2.25 bits per heavy atom. The summed E-state index contributed by atoms with van der Waals surface area (Å²) in [5, 5.41) is 9.02. The number of benzene rings is 1. The highest BCUT2D eigenvalue weighted by molar-refractivity contribution is 7.17. The molecule has 0 radical (unpaired) electrons. The van der Waals surface area contributed by atoms with Crippen LogP contribution in [0.4, 0.5) is 4.79 Å². The quantitative estimate of drug-likeness (QED) is 0.886. The lowest BCUT2D eigenvalue weighted by molar-refractivity contribution is 0.243. The lowest BCUT2D eigenvalue weighted by atomic mass is 9.80. The average Bonchev–Trinajstić information content (AvgIpc) is 2.79. The molecule has 3 nitrogen and oxygen atoms in total. The summed E-state index contributed by atoms with van der Waals surface area (Å²) in [7, 11) is 1.64. The molecule has 2 aromatic rings. The van der Waals surface area contributed by atoms with Crippen molar-refractivity contribution in [3.05, 3.63) is 34.7 Å². The summed E-state index contributed by atoms with van der Waals surface area (Å²) >= 11 is 1.80. The first-order valence-corrected chi connectivity index (χ1v) is 8.11. The lowest BCUT2D eigenvalue weighted by Gasteiger charge is -2.25. The molecule has 1 aromatic heterocycles. The molecule has 1 saturated carbocycles. The molecule has 1 aromatic carbocycles. The SMILES string of the molecule is CNC(=O)NCCc1csc2ccc(C3CCC3)cc12. The maximum absolute atomic E-state index is 11.2. The Kier molecular flexibility index (Phi) is 3.92. The fourth-order valence-corrected chi connectivity index (χ4v) is 3.67. The number of thiophene rings is 1. The van der Waals surface area contributed by atoms with E-state index >= 15 is 0 Å². The van der Waals surface area contributed by atoms with E-state index in [0.29, 0.717) is 6.54 Å². The number of carbonyl (C=O) groups is 1. The molecule has 106 valence electrons. The standard InChI is InChI=1S/C16H20N2OS/c1-17-16(19)18-8-7-13-10-20-15-6-5-12(9-14(13)15)11-3-2-4-11/h5-6,9-11H,2-4,7-8H2,1H3,(H2,17,18,19). The summed E-state index contributed by atoms with van der Waals surface area (Å²) in [5.41, 5.74) is 2.84. The maximum Gasteiger partial charge on any atom is 0.314 e. The summed E-state index contributed by atoms with van der Waals surface area (Å²) < 4.78 is 1.35. The number of hydrogen-bond donors (Lipinski definition) is 2. The van der Waals surface area contributed by atoms with Crippen molar-refractivity contribution in [2.24, 2.45) is 0 Å². The Labute approximate surface area is 123 Å². The molecule has 0 atom stereocenters. The fourth-order valence-electron chi connectivity index (χ4n) is 2.69. The van der Waals surface area contributed by atoms with Crippen LogP contribution in [0.25, 0.3) is 10.1 Å². The second-order valence-corrected chi connectivity index (χ2v) is 6.31. The predicted molar refractivity (Wildman–Crippen MR) is 84.6 cm³/mol. The number of rotatable bonds is 4. The van der Waals surface area contributed by atoms with E-state index in [1.807, 2.05) is 0 Å². The van der Waals surface area contributed by atoms with Crippen molar-refractivity contribution >= 4 is 27.5 Å². The molecule has 0 spiro atoms. The summed E-state index contributed by atoms with van der Waals surface area (Å²) in [6.45, 7) is 0.680. The van der Waals surface area contributed by atoms with Gasteiger partial charge in [-0.25, -0.2) is 4.79 Å². The Balaban J connectivity index is 1.74. The van der Waals surface area contributed by atoms with Gasteiger partial charge in [-0.1, -0.05) is 12.5 Å². The van der Waals surface area contributed by atoms with Crippen LogP contribution in [0.1, 0.15) is 36.3 Å². The van der Waals surface area contributed by atoms with Crippen LogP contribution in [0.2, 0.25) is 0 Å². The van der Waals surface area contributed by atoms with Gasteiger partial charge in [0, 0.05) is 18.3 Å². The monoisotopic (exact) mass is 288 g/mol. The van der Waals surface area contributed by atoms with E-state index in [9.17, 15) is 4.79 Å². The molecule has 1 heterocycles. The second-order valence-electron chi connectivity index (χ2n) is 5.40. The largest absolute Gasteiger partial charge is 0.341 e. The molecular weight excluding hydrogens is 268 g/mol. The van der Waals surface area contributed by atoms with Crippen molar-refractivity contribution in [1.29, 1.82) is 0 Å². The van der Waals surface area contributed by atoms with Gasteiger partial charge >= 0.3 is 6.03 Å². The summed E-state index contributed by atoms with van der Waals surface area (Å²) in [6.07, 6.45) is 4.93. The van der Waals surface area contributed by atoms with Gasteiger partial charge in [-0.2, -0.15) is 0 Å². The van der Waals surface area contributed by atoms with E-state index in [-0.39, 0.29) is 6.03 Å². The average molecular weight is 288 g/mol. The van der Waals surface area contributed by atoms with Crippen LogP contribution in [0.5, 0.6) is 0 Å². The molecule has 0 aliphatic heterocycles. The Hall–Kier alpha value is -1.55. The van der Waals surface area contributed by atoms with E-state index in [0.717, 1.165) is 12.3 Å². The zero-order valence-electron chi connectivity index (χ0n) is 11.7. The molecule has 1 fully saturated rings. The Bertz CT molecular complexity index is 616. The third-order valence-corrected chi connectivity index (χ3v) is 5.17. The Morgan fingerprint density at radius 3 is 2.95 bits per heavy atom. The zero-order valence-corrected chi connectivity index (χ0v) is 12.6. The fraction of sp³-hybridized carbons (Fsp3) is 0.438. The third-order valence-electron chi connectivity index (χ3n) is 4.16. The molecule has 3 rings (SSSR count). The third kappa shape index (κ3) is 2.66. The van der Waals surface area contributed by atoms with E-state index in [1.165, 1.54) is 40.5 Å². The normalized spacial score (nSPS) is 15.1. The minimum Gasteiger partial charge on any atom is -0.341 e. The van der Waals surface area contributed by atoms with Crippen LogP contribution in [-0.4, -0.2) is 19.6 Å². The molecule has 20 heavy (non-hydrogen) atoms. The van der Waals surface area contributed by atoms with E-state index < -0.39 is 0 Å². The summed E-state index contributed by atoms with van der Waals surface area (Å²) in [5.74, 6) is 0.774. The van der Waals surface area contributed by atoms with Crippen molar-refractivity contribution < 1.29 is 4.79 Å². The van der Waals surface area contributed by atoms with Crippen molar-refractivity contribution in [3.8, 4) is 0 Å². The van der Waals surface area contributed by atoms with Crippen LogP contribution in [0.15, 0.2) is 23.6 Å². The van der Waals surface area contributed by atoms with Crippen molar-refractivity contribution in [1.82, 2.24) is 10.6 Å². The molecule has 1 aliphatic rings. The number of carbonyl (C=O) groups excluding carboxylic acids is 1. The van der Waals surface area contributed by atoms with Crippen LogP contribution < -0.4 is 10.6 Å². The molecular formula is C16H20N2OS. The predicted octanol–water partition coefficient (Wildman–Crippen LogP) is 3.64. The van der Waals surface area contributed by atoms with E-state index in [1.54, 1.807) is 18.4 Å². The van der Waals surface area contributed by atoms with Gasteiger partial charge in [0.15, 0.2) is 0 Å². The molecule has 2 amide bonds. The van der Waals surface area contributed by atoms with Gasteiger partial charge in [0.2, 0.25) is 0 Å². The van der Waals surface area contributed by atoms with Crippen LogP contribution >= 0.6 is 11.3 Å².